The third kappa shape index (κ3) is 6.59. The van der Waals surface area contributed by atoms with Crippen LogP contribution in [0.15, 0.2) is 24.3 Å². The second-order valence-electron chi connectivity index (χ2n) is 4.60. The van der Waals surface area contributed by atoms with Crippen molar-refractivity contribution in [1.82, 2.24) is 4.90 Å². The Morgan fingerprint density at radius 1 is 1.33 bits per heavy atom. The number of hydrogen-bond acceptors (Lipinski definition) is 5. The third-order valence-corrected chi connectivity index (χ3v) is 3.24. The fourth-order valence-corrected chi connectivity index (χ4v) is 2.26. The minimum atomic E-state index is -3.56. The zero-order valence-electron chi connectivity index (χ0n) is 12.5. The van der Waals surface area contributed by atoms with Gasteiger partial charge in [-0.2, -0.15) is 8.42 Å². The van der Waals surface area contributed by atoms with E-state index in [0.29, 0.717) is 26.1 Å². The molecule has 1 aromatic rings. The van der Waals surface area contributed by atoms with Crippen molar-refractivity contribution in [2.24, 2.45) is 0 Å². The van der Waals surface area contributed by atoms with Gasteiger partial charge in [-0.1, -0.05) is 19.1 Å². The molecule has 0 aliphatic heterocycles. The topological polar surface area (TPSA) is 72.9 Å². The van der Waals surface area contributed by atoms with Gasteiger partial charge in [0.2, 0.25) is 5.91 Å². The first-order valence-electron chi connectivity index (χ1n) is 6.61. The van der Waals surface area contributed by atoms with Gasteiger partial charge in [-0.15, -0.1) is 0 Å². The van der Waals surface area contributed by atoms with Crippen LogP contribution in [0, 0.1) is 0 Å². The van der Waals surface area contributed by atoms with Crippen LogP contribution in [0.5, 0.6) is 5.75 Å². The zero-order chi connectivity index (χ0) is 15.9. The highest BCUT2D eigenvalue weighted by molar-refractivity contribution is 7.86. The Bertz CT molecular complexity index is 570. The lowest BCUT2D eigenvalue weighted by Gasteiger charge is -2.22. The number of nitrogens with zero attached hydrogens (tertiary/aromatic N) is 1. The van der Waals surface area contributed by atoms with E-state index in [-0.39, 0.29) is 11.7 Å². The summed E-state index contributed by atoms with van der Waals surface area (Å²) < 4.78 is 32.1. The quantitative estimate of drug-likeness (QED) is 0.678. The predicted molar refractivity (Wildman–Crippen MR) is 79.5 cm³/mol. The molecule has 0 spiro atoms. The zero-order valence-corrected chi connectivity index (χ0v) is 13.4. The first-order valence-corrected chi connectivity index (χ1v) is 8.42. The maximum atomic E-state index is 11.9. The van der Waals surface area contributed by atoms with E-state index < -0.39 is 10.1 Å². The molecule has 0 saturated heterocycles. The Hall–Kier alpha value is -1.60. The summed E-state index contributed by atoms with van der Waals surface area (Å²) in [5.41, 5.74) is 0.800. The van der Waals surface area contributed by atoms with Crippen molar-refractivity contribution < 1.29 is 22.1 Å². The molecule has 0 atom stereocenters. The van der Waals surface area contributed by atoms with E-state index in [1.54, 1.807) is 37.1 Å². The number of benzene rings is 1. The van der Waals surface area contributed by atoms with Crippen molar-refractivity contribution in [1.29, 1.82) is 0 Å². The summed E-state index contributed by atoms with van der Waals surface area (Å²) in [6.07, 6.45) is 1.40. The van der Waals surface area contributed by atoms with E-state index in [1.807, 2.05) is 6.07 Å². The number of carbonyl (C=O) groups excluding carboxylic acids is 1. The molecule has 0 fully saturated rings. The Morgan fingerprint density at radius 3 is 2.62 bits per heavy atom. The predicted octanol–water partition coefficient (Wildman–Crippen LogP) is 1.41. The number of ether oxygens (including phenoxy) is 1. The number of methoxy groups -OCH3 is 1. The molecule has 0 aromatic heterocycles. The van der Waals surface area contributed by atoms with Crippen molar-refractivity contribution in [3.8, 4) is 5.75 Å². The van der Waals surface area contributed by atoms with Gasteiger partial charge >= 0.3 is 10.1 Å². The van der Waals surface area contributed by atoms with E-state index in [4.69, 9.17) is 8.92 Å². The maximum Gasteiger partial charge on any atom is 0.306 e. The smallest absolute Gasteiger partial charge is 0.306 e. The Labute approximate surface area is 125 Å². The lowest BCUT2D eigenvalue weighted by Crippen LogP contribution is -2.32. The van der Waals surface area contributed by atoms with Gasteiger partial charge in [-0.3, -0.25) is 4.79 Å². The van der Waals surface area contributed by atoms with E-state index >= 15 is 0 Å². The van der Waals surface area contributed by atoms with Crippen molar-refractivity contribution in [2.75, 3.05) is 26.5 Å². The molecule has 0 aliphatic rings. The van der Waals surface area contributed by atoms with Crippen LogP contribution < -0.4 is 4.18 Å². The summed E-state index contributed by atoms with van der Waals surface area (Å²) >= 11 is 0. The number of carbonyl (C=O) groups is 1. The molecule has 0 radical (unpaired) electrons. The summed E-state index contributed by atoms with van der Waals surface area (Å²) in [5.74, 6) is 0.257. The fraction of sp³-hybridized carbons (Fsp3) is 0.500. The van der Waals surface area contributed by atoms with Gasteiger partial charge in [-0.05, 0) is 17.7 Å². The highest BCUT2D eigenvalue weighted by Gasteiger charge is 2.13. The van der Waals surface area contributed by atoms with E-state index in [9.17, 15) is 13.2 Å². The van der Waals surface area contributed by atoms with Gasteiger partial charge < -0.3 is 13.8 Å². The van der Waals surface area contributed by atoms with Gasteiger partial charge in [0.15, 0.2) is 0 Å². The summed E-state index contributed by atoms with van der Waals surface area (Å²) in [4.78, 5) is 13.5. The average Bonchev–Trinajstić information content (AvgIpc) is 2.41. The van der Waals surface area contributed by atoms with Gasteiger partial charge in [0.05, 0.1) is 12.9 Å². The normalized spacial score (nSPS) is 11.2. The molecule has 6 nitrogen and oxygen atoms in total. The molecule has 1 rings (SSSR count). The summed E-state index contributed by atoms with van der Waals surface area (Å²) in [6.45, 7) is 3.12. The van der Waals surface area contributed by atoms with Crippen LogP contribution >= 0.6 is 0 Å². The molecule has 0 unspecified atom stereocenters. The molecule has 0 N–H and O–H groups in total. The van der Waals surface area contributed by atoms with Crippen LogP contribution in [0.1, 0.15) is 18.9 Å². The molecule has 21 heavy (non-hydrogen) atoms. The largest absolute Gasteiger partial charge is 0.383 e. The molecule has 0 saturated carbocycles. The minimum Gasteiger partial charge on any atom is -0.383 e. The maximum absolute atomic E-state index is 11.9. The Kier molecular flexibility index (Phi) is 6.64. The standard InChI is InChI=1S/C14H21NO5S/c1-4-14(16)15(8-9-19-2)11-12-6-5-7-13(10-12)20-21(3,17)18/h5-7,10H,4,8-9,11H2,1-3H3. The molecule has 0 bridgehead atoms. The van der Waals surface area contributed by atoms with E-state index in [0.717, 1.165) is 11.8 Å². The second-order valence-corrected chi connectivity index (χ2v) is 6.17. The molecule has 7 heteroatoms. The van der Waals surface area contributed by atoms with Crippen LogP contribution in [0.3, 0.4) is 0 Å². The average molecular weight is 315 g/mol. The Morgan fingerprint density at radius 2 is 2.05 bits per heavy atom. The minimum absolute atomic E-state index is 0.0153. The first kappa shape index (κ1) is 17.5. The van der Waals surface area contributed by atoms with Crippen molar-refractivity contribution in [3.05, 3.63) is 29.8 Å². The van der Waals surface area contributed by atoms with Crippen molar-refractivity contribution in [3.63, 3.8) is 0 Å². The second kappa shape index (κ2) is 7.99. The van der Waals surface area contributed by atoms with Gasteiger partial charge in [0, 0.05) is 26.6 Å². The van der Waals surface area contributed by atoms with Crippen LogP contribution in [0.25, 0.3) is 0 Å². The molecular weight excluding hydrogens is 294 g/mol. The fourth-order valence-electron chi connectivity index (χ4n) is 1.81. The van der Waals surface area contributed by atoms with Gasteiger partial charge in [0.1, 0.15) is 5.75 Å². The van der Waals surface area contributed by atoms with E-state index in [1.165, 1.54) is 0 Å². The van der Waals surface area contributed by atoms with Crippen LogP contribution in [0.2, 0.25) is 0 Å². The van der Waals surface area contributed by atoms with Crippen LogP contribution in [0.4, 0.5) is 0 Å². The van der Waals surface area contributed by atoms with Crippen LogP contribution in [-0.4, -0.2) is 45.7 Å². The molecule has 1 aromatic carbocycles. The van der Waals surface area contributed by atoms with Crippen molar-refractivity contribution >= 4 is 16.0 Å². The number of amides is 1. The van der Waals surface area contributed by atoms with Gasteiger partial charge in [-0.25, -0.2) is 0 Å². The van der Waals surface area contributed by atoms with Gasteiger partial charge in [0.25, 0.3) is 0 Å². The molecule has 118 valence electrons. The SMILES string of the molecule is CCC(=O)N(CCOC)Cc1cccc(OS(C)(=O)=O)c1. The number of hydrogen-bond donors (Lipinski definition) is 0. The molecular formula is C14H21NO5S. The van der Waals surface area contributed by atoms with E-state index in [2.05, 4.69) is 0 Å². The summed E-state index contributed by atoms with van der Waals surface area (Å²) in [5, 5.41) is 0. The third-order valence-electron chi connectivity index (χ3n) is 2.74. The molecule has 0 heterocycles. The molecule has 0 aliphatic carbocycles. The Balaban J connectivity index is 2.83. The highest BCUT2D eigenvalue weighted by atomic mass is 32.2. The van der Waals surface area contributed by atoms with Crippen molar-refractivity contribution in [2.45, 2.75) is 19.9 Å². The summed E-state index contributed by atoms with van der Waals surface area (Å²) in [6, 6.07) is 6.69. The molecule has 1 amide bonds. The monoisotopic (exact) mass is 315 g/mol. The number of rotatable bonds is 8. The first-order chi connectivity index (χ1) is 9.85. The summed E-state index contributed by atoms with van der Waals surface area (Å²) in [7, 11) is -1.98. The van der Waals surface area contributed by atoms with Crippen LogP contribution in [-0.2, 0) is 26.2 Å². The lowest BCUT2D eigenvalue weighted by molar-refractivity contribution is -0.132. The highest BCUT2D eigenvalue weighted by Crippen LogP contribution is 2.16. The lowest BCUT2D eigenvalue weighted by atomic mass is 10.2.